The fourth-order valence-corrected chi connectivity index (χ4v) is 2.88. The van der Waals surface area contributed by atoms with Crippen LogP contribution in [0.4, 0.5) is 0 Å². The van der Waals surface area contributed by atoms with Crippen molar-refractivity contribution in [3.05, 3.63) is 56.5 Å². The van der Waals surface area contributed by atoms with Crippen LogP contribution in [0.15, 0.2) is 44.7 Å². The summed E-state index contributed by atoms with van der Waals surface area (Å²) < 4.78 is 12.5. The average Bonchev–Trinajstić information content (AvgIpc) is 2.63. The van der Waals surface area contributed by atoms with Gasteiger partial charge in [-0.2, -0.15) is 9.78 Å². The molecule has 0 atom stereocenters. The molecule has 1 heterocycles. The van der Waals surface area contributed by atoms with E-state index in [1.54, 1.807) is 31.2 Å². The lowest BCUT2D eigenvalue weighted by Gasteiger charge is -2.10. The number of aromatic hydroxyl groups is 1. The molecule has 0 amide bonds. The van der Waals surface area contributed by atoms with E-state index in [9.17, 15) is 9.90 Å². The summed E-state index contributed by atoms with van der Waals surface area (Å²) in [6, 6.07) is 8.17. The van der Waals surface area contributed by atoms with Crippen molar-refractivity contribution in [3.63, 3.8) is 0 Å². The molecule has 26 heavy (non-hydrogen) atoms. The van der Waals surface area contributed by atoms with Crippen LogP contribution >= 0.6 is 15.9 Å². The van der Waals surface area contributed by atoms with Crippen LogP contribution in [0.5, 0.6) is 17.2 Å². The molecule has 3 aromatic rings. The second kappa shape index (κ2) is 7.17. The summed E-state index contributed by atoms with van der Waals surface area (Å²) in [4.78, 5) is 17.2. The Morgan fingerprint density at radius 2 is 1.88 bits per heavy atom. The number of aryl methyl sites for hydroxylation is 1. The number of hydrogen-bond donors (Lipinski definition) is 1. The molecular formula is C18H16BrN3O4. The predicted octanol–water partition coefficient (Wildman–Crippen LogP) is 3.07. The van der Waals surface area contributed by atoms with E-state index in [4.69, 9.17) is 9.47 Å². The first-order chi connectivity index (χ1) is 12.4. The molecule has 0 unspecified atom stereocenters. The Bertz CT molecular complexity index is 1080. The maximum Gasteiger partial charge on any atom is 0.282 e. The van der Waals surface area contributed by atoms with Gasteiger partial charge in [0.1, 0.15) is 11.6 Å². The summed E-state index contributed by atoms with van der Waals surface area (Å²) in [6.45, 7) is 1.68. The molecule has 8 heteroatoms. The number of phenols is 1. The summed E-state index contributed by atoms with van der Waals surface area (Å²) in [6.07, 6.45) is 1.41. The highest BCUT2D eigenvalue weighted by atomic mass is 79.9. The van der Waals surface area contributed by atoms with Crippen LogP contribution in [-0.4, -0.2) is 35.2 Å². The van der Waals surface area contributed by atoms with Gasteiger partial charge in [-0.15, -0.1) is 0 Å². The minimum Gasteiger partial charge on any atom is -0.507 e. The van der Waals surface area contributed by atoms with E-state index >= 15 is 0 Å². The predicted molar refractivity (Wildman–Crippen MR) is 103 cm³/mol. The van der Waals surface area contributed by atoms with E-state index in [0.29, 0.717) is 33.8 Å². The highest BCUT2D eigenvalue weighted by molar-refractivity contribution is 9.10. The summed E-state index contributed by atoms with van der Waals surface area (Å²) >= 11 is 3.33. The van der Waals surface area contributed by atoms with Gasteiger partial charge in [0.25, 0.3) is 5.56 Å². The number of rotatable bonds is 4. The van der Waals surface area contributed by atoms with Gasteiger partial charge < -0.3 is 14.6 Å². The Morgan fingerprint density at radius 1 is 1.19 bits per heavy atom. The molecule has 7 nitrogen and oxygen atoms in total. The maximum atomic E-state index is 12.8. The van der Waals surface area contributed by atoms with Gasteiger partial charge in [0, 0.05) is 16.1 Å². The van der Waals surface area contributed by atoms with Gasteiger partial charge in [-0.05, 0) is 31.2 Å². The number of ether oxygens (including phenoxy) is 2. The van der Waals surface area contributed by atoms with Crippen molar-refractivity contribution >= 4 is 33.0 Å². The van der Waals surface area contributed by atoms with Gasteiger partial charge in [0.2, 0.25) is 0 Å². The molecule has 0 spiro atoms. The SMILES string of the molecule is COc1cc2nc(C)n(N=Cc3cc(Br)ccc3O)c(=O)c2cc1OC. The second-order valence-corrected chi connectivity index (χ2v) is 6.36. The average molecular weight is 418 g/mol. The molecule has 2 aromatic carbocycles. The van der Waals surface area contributed by atoms with Crippen LogP contribution in [0.25, 0.3) is 10.9 Å². The van der Waals surface area contributed by atoms with Crippen molar-refractivity contribution in [1.82, 2.24) is 9.66 Å². The molecule has 3 rings (SSSR count). The van der Waals surface area contributed by atoms with Gasteiger partial charge in [-0.3, -0.25) is 4.79 Å². The Kier molecular flexibility index (Phi) is 4.94. The molecule has 0 aliphatic carbocycles. The second-order valence-electron chi connectivity index (χ2n) is 5.45. The fourth-order valence-electron chi connectivity index (χ4n) is 2.50. The molecule has 0 bridgehead atoms. The molecule has 1 N–H and O–H groups in total. The Balaban J connectivity index is 2.16. The number of methoxy groups -OCH3 is 2. The van der Waals surface area contributed by atoms with Crippen molar-refractivity contribution in [2.24, 2.45) is 5.10 Å². The Morgan fingerprint density at radius 3 is 2.58 bits per heavy atom. The first kappa shape index (κ1) is 17.9. The number of benzene rings is 2. The lowest BCUT2D eigenvalue weighted by Crippen LogP contribution is -2.20. The molecule has 134 valence electrons. The van der Waals surface area contributed by atoms with E-state index in [0.717, 1.165) is 4.47 Å². The van der Waals surface area contributed by atoms with Crippen molar-refractivity contribution in [2.45, 2.75) is 6.92 Å². The summed E-state index contributed by atoms with van der Waals surface area (Å²) in [5.74, 6) is 1.39. The molecule has 0 aliphatic heterocycles. The topological polar surface area (TPSA) is 85.9 Å². The third-order valence-corrected chi connectivity index (χ3v) is 4.31. The standard InChI is InChI=1S/C18H16BrN3O4/c1-10-21-14-8-17(26-3)16(25-2)7-13(14)18(24)22(10)20-9-11-6-12(19)4-5-15(11)23/h4-9,23H,1-3H3. The zero-order chi connectivity index (χ0) is 18.8. The van der Waals surface area contributed by atoms with Crippen LogP contribution in [0, 0.1) is 6.92 Å². The first-order valence-electron chi connectivity index (χ1n) is 7.63. The Labute approximate surface area is 157 Å². The highest BCUT2D eigenvalue weighted by Crippen LogP contribution is 2.30. The van der Waals surface area contributed by atoms with Gasteiger partial charge in [0.05, 0.1) is 31.3 Å². The normalized spacial score (nSPS) is 11.2. The zero-order valence-corrected chi connectivity index (χ0v) is 15.9. The largest absolute Gasteiger partial charge is 0.507 e. The third kappa shape index (κ3) is 3.28. The van der Waals surface area contributed by atoms with E-state index in [1.807, 2.05) is 0 Å². The number of halogens is 1. The third-order valence-electron chi connectivity index (χ3n) is 3.82. The molecule has 1 aromatic heterocycles. The summed E-state index contributed by atoms with van der Waals surface area (Å²) in [7, 11) is 3.02. The smallest absolute Gasteiger partial charge is 0.282 e. The van der Waals surface area contributed by atoms with Gasteiger partial charge in [-0.1, -0.05) is 15.9 Å². The van der Waals surface area contributed by atoms with Crippen molar-refractivity contribution in [3.8, 4) is 17.2 Å². The maximum absolute atomic E-state index is 12.8. The van der Waals surface area contributed by atoms with E-state index in [2.05, 4.69) is 26.0 Å². The van der Waals surface area contributed by atoms with E-state index in [-0.39, 0.29) is 11.3 Å². The van der Waals surface area contributed by atoms with Crippen LogP contribution in [0.2, 0.25) is 0 Å². The lowest BCUT2D eigenvalue weighted by atomic mass is 10.2. The highest BCUT2D eigenvalue weighted by Gasteiger charge is 2.13. The number of nitrogens with zero attached hydrogens (tertiary/aromatic N) is 3. The first-order valence-corrected chi connectivity index (χ1v) is 8.42. The van der Waals surface area contributed by atoms with Crippen molar-refractivity contribution in [2.75, 3.05) is 14.2 Å². The van der Waals surface area contributed by atoms with E-state index < -0.39 is 0 Å². The van der Waals surface area contributed by atoms with Gasteiger partial charge >= 0.3 is 0 Å². The molecule has 0 aliphatic rings. The monoisotopic (exact) mass is 417 g/mol. The zero-order valence-electron chi connectivity index (χ0n) is 14.4. The van der Waals surface area contributed by atoms with E-state index in [1.165, 1.54) is 31.2 Å². The van der Waals surface area contributed by atoms with Crippen molar-refractivity contribution in [1.29, 1.82) is 0 Å². The molecule has 0 fully saturated rings. The Hall–Kier alpha value is -2.87. The van der Waals surface area contributed by atoms with Gasteiger partial charge in [0.15, 0.2) is 11.5 Å². The number of aromatic nitrogens is 2. The molecular weight excluding hydrogens is 402 g/mol. The minimum atomic E-state index is -0.348. The van der Waals surface area contributed by atoms with Crippen LogP contribution in [0.3, 0.4) is 0 Å². The summed E-state index contributed by atoms with van der Waals surface area (Å²) in [5, 5.41) is 14.4. The van der Waals surface area contributed by atoms with Crippen LogP contribution in [-0.2, 0) is 0 Å². The molecule has 0 saturated heterocycles. The summed E-state index contributed by atoms with van der Waals surface area (Å²) in [5.41, 5.74) is 0.610. The number of phenolic OH excluding ortho intramolecular Hbond substituents is 1. The van der Waals surface area contributed by atoms with Crippen LogP contribution in [0.1, 0.15) is 11.4 Å². The lowest BCUT2D eigenvalue weighted by molar-refractivity contribution is 0.355. The number of fused-ring (bicyclic) bond motifs is 1. The van der Waals surface area contributed by atoms with Crippen molar-refractivity contribution < 1.29 is 14.6 Å². The minimum absolute atomic E-state index is 0.0582. The van der Waals surface area contributed by atoms with Crippen LogP contribution < -0.4 is 15.0 Å². The molecule has 0 saturated carbocycles. The molecule has 0 radical (unpaired) electrons. The van der Waals surface area contributed by atoms with Gasteiger partial charge in [-0.25, -0.2) is 4.98 Å². The quantitative estimate of drug-likeness (QED) is 0.659. The number of hydrogen-bond acceptors (Lipinski definition) is 6. The fraction of sp³-hybridized carbons (Fsp3) is 0.167.